The summed E-state index contributed by atoms with van der Waals surface area (Å²) in [7, 11) is 4.61. The number of benzene rings is 3. The molecule has 1 saturated heterocycles. The number of alkyl carbamates (subject to hydrolysis) is 2. The van der Waals surface area contributed by atoms with E-state index in [2.05, 4.69) is 32.5 Å². The Morgan fingerprint density at radius 2 is 1.40 bits per heavy atom. The number of amides is 2. The summed E-state index contributed by atoms with van der Waals surface area (Å²) in [5.74, 6) is 6.02. The minimum absolute atomic E-state index is 0.00220. The van der Waals surface area contributed by atoms with Gasteiger partial charge >= 0.3 is 17.9 Å². The molecule has 340 valence electrons. The van der Waals surface area contributed by atoms with E-state index in [1.54, 1.807) is 14.2 Å². The van der Waals surface area contributed by atoms with Crippen LogP contribution in [0.25, 0.3) is 0 Å². The van der Waals surface area contributed by atoms with Gasteiger partial charge in [0.1, 0.15) is 60.7 Å². The third-order valence-corrected chi connectivity index (χ3v) is 9.66. The molecule has 5 rings (SSSR count). The van der Waals surface area contributed by atoms with Crippen LogP contribution in [0.15, 0.2) is 99.6 Å². The molecule has 1 aliphatic rings. The van der Waals surface area contributed by atoms with Crippen molar-refractivity contribution in [3.05, 3.63) is 128 Å². The predicted molar refractivity (Wildman–Crippen MR) is 230 cm³/mol. The van der Waals surface area contributed by atoms with Gasteiger partial charge in [0, 0.05) is 13.3 Å². The summed E-state index contributed by atoms with van der Waals surface area (Å²) in [4.78, 5) is 57.1. The van der Waals surface area contributed by atoms with Crippen LogP contribution in [0.3, 0.4) is 0 Å². The second-order valence-electron chi connectivity index (χ2n) is 13.7. The average molecular weight is 894 g/mol. The van der Waals surface area contributed by atoms with E-state index in [0.29, 0.717) is 11.5 Å². The average Bonchev–Trinajstić information content (AvgIpc) is 3.63. The number of methoxy groups -OCH3 is 3. The molecule has 0 bridgehead atoms. The summed E-state index contributed by atoms with van der Waals surface area (Å²) in [6.07, 6.45) is -6.11. The lowest BCUT2D eigenvalue weighted by Gasteiger charge is -2.37. The van der Waals surface area contributed by atoms with Gasteiger partial charge in [0.25, 0.3) is 5.56 Å². The molecule has 0 aliphatic carbocycles. The largest absolute Gasteiger partial charge is 0.497 e. The van der Waals surface area contributed by atoms with Crippen LogP contribution in [0, 0.1) is 34.5 Å². The van der Waals surface area contributed by atoms with Crippen molar-refractivity contribution >= 4 is 18.1 Å². The van der Waals surface area contributed by atoms with Crippen LogP contribution in [0.2, 0.25) is 0 Å². The third kappa shape index (κ3) is 12.8. The van der Waals surface area contributed by atoms with E-state index < -0.39 is 66.1 Å². The second-order valence-corrected chi connectivity index (χ2v) is 13.7. The summed E-state index contributed by atoms with van der Waals surface area (Å²) >= 11 is 0. The van der Waals surface area contributed by atoms with Gasteiger partial charge in [-0.05, 0) is 41.0 Å². The van der Waals surface area contributed by atoms with Gasteiger partial charge in [0.2, 0.25) is 5.96 Å². The Hall–Kier alpha value is -7.51. The molecule has 1 aliphatic heterocycles. The van der Waals surface area contributed by atoms with Crippen LogP contribution in [0.4, 0.5) is 9.59 Å². The molecule has 4 N–H and O–H groups in total. The van der Waals surface area contributed by atoms with Gasteiger partial charge in [-0.25, -0.2) is 19.4 Å². The van der Waals surface area contributed by atoms with Gasteiger partial charge in [0.05, 0.1) is 59.0 Å². The minimum atomic E-state index is -1.38. The van der Waals surface area contributed by atoms with Gasteiger partial charge in [-0.1, -0.05) is 66.4 Å². The quantitative estimate of drug-likeness (QED) is 0.0368. The fourth-order valence-electron chi connectivity index (χ4n) is 6.58. The molecule has 4 atom stereocenters. The third-order valence-electron chi connectivity index (χ3n) is 9.66. The maximum absolute atomic E-state index is 13.5. The molecule has 0 saturated carbocycles. The van der Waals surface area contributed by atoms with Crippen molar-refractivity contribution in [3.8, 4) is 35.5 Å². The molecule has 65 heavy (non-hydrogen) atoms. The highest BCUT2D eigenvalue weighted by Crippen LogP contribution is 2.43. The van der Waals surface area contributed by atoms with Gasteiger partial charge in [-0.15, -0.1) is 0 Å². The molecular weight excluding hydrogens is 847 g/mol. The van der Waals surface area contributed by atoms with Crippen molar-refractivity contribution in [2.45, 2.75) is 43.0 Å². The monoisotopic (exact) mass is 893 g/mol. The molecule has 0 unspecified atom stereocenters. The predicted octanol–water partition coefficient (Wildman–Crippen LogP) is 2.84. The van der Waals surface area contributed by atoms with Crippen molar-refractivity contribution in [1.82, 2.24) is 20.2 Å². The zero-order valence-corrected chi connectivity index (χ0v) is 35.7. The summed E-state index contributed by atoms with van der Waals surface area (Å²) < 4.78 is 46.3. The van der Waals surface area contributed by atoms with Gasteiger partial charge in [-0.2, -0.15) is 10.5 Å². The van der Waals surface area contributed by atoms with E-state index in [9.17, 15) is 24.3 Å². The van der Waals surface area contributed by atoms with Crippen LogP contribution in [-0.2, 0) is 34.0 Å². The van der Waals surface area contributed by atoms with Crippen LogP contribution in [-0.4, -0.2) is 112 Å². The van der Waals surface area contributed by atoms with Crippen LogP contribution < -0.4 is 31.4 Å². The van der Waals surface area contributed by atoms with Crippen molar-refractivity contribution < 1.29 is 52.6 Å². The zero-order valence-electron chi connectivity index (χ0n) is 35.7. The number of aliphatic imine (C=N–C) groups is 1. The summed E-state index contributed by atoms with van der Waals surface area (Å²) in [6, 6.07) is 27.9. The van der Waals surface area contributed by atoms with Crippen molar-refractivity contribution in [2.75, 3.05) is 60.9 Å². The lowest BCUT2D eigenvalue weighted by molar-refractivity contribution is -0.0994. The Labute approximate surface area is 373 Å². The first-order valence-corrected chi connectivity index (χ1v) is 20.0. The molecule has 0 radical (unpaired) electrons. The van der Waals surface area contributed by atoms with E-state index in [0.717, 1.165) is 27.5 Å². The number of nitrogens with zero attached hydrogens (tertiary/aromatic N) is 4. The molecule has 20 heteroatoms. The fraction of sp³-hybridized carbons (Fsp3) is 0.356. The van der Waals surface area contributed by atoms with Crippen LogP contribution in [0.5, 0.6) is 11.5 Å². The number of aliphatic hydroxyl groups is 1. The SMILES string of the molecule is COCCO[C@@H]1[C@H](O)[C@@H](COC(c2ccccc2)(c2ccc(OC)cc2)c2ccc(OC)cc2)O[C@H]1n1cc(C#CCN=C(NC(=O)OCCC#N)NC(=O)OCCC#N)c(=O)[nH]c1=O. The summed E-state index contributed by atoms with van der Waals surface area (Å²) in [6.45, 7) is -0.993. The number of carbonyl (C=O) groups is 2. The first kappa shape index (κ1) is 48.5. The number of aromatic nitrogens is 2. The van der Waals surface area contributed by atoms with Crippen molar-refractivity contribution in [3.63, 3.8) is 0 Å². The first-order chi connectivity index (χ1) is 31.6. The Balaban J connectivity index is 1.46. The van der Waals surface area contributed by atoms with Crippen LogP contribution in [0.1, 0.15) is 41.3 Å². The molecular formula is C45H47N7O13. The number of nitriles is 2. The highest BCUT2D eigenvalue weighted by molar-refractivity contribution is 6.01. The lowest BCUT2D eigenvalue weighted by atomic mass is 9.80. The van der Waals surface area contributed by atoms with E-state index in [4.69, 9.17) is 48.4 Å². The summed E-state index contributed by atoms with van der Waals surface area (Å²) in [5.41, 5.74) is -1.06. The number of H-pyrrole nitrogens is 1. The molecule has 4 aromatic rings. The summed E-state index contributed by atoms with van der Waals surface area (Å²) in [5, 5.41) is 33.7. The number of hydrogen-bond donors (Lipinski definition) is 4. The molecule has 20 nitrogen and oxygen atoms in total. The highest BCUT2D eigenvalue weighted by atomic mass is 16.6. The zero-order chi connectivity index (χ0) is 46.6. The van der Waals surface area contributed by atoms with Gasteiger partial charge in [-0.3, -0.25) is 25.0 Å². The van der Waals surface area contributed by atoms with E-state index in [-0.39, 0.29) is 51.4 Å². The molecule has 1 aromatic heterocycles. The number of guanidine groups is 1. The maximum atomic E-state index is 13.5. The number of carbonyl (C=O) groups excluding carboxylic acids is 2. The maximum Gasteiger partial charge on any atom is 0.413 e. The van der Waals surface area contributed by atoms with Crippen molar-refractivity contribution in [1.29, 1.82) is 10.5 Å². The molecule has 2 heterocycles. The normalized spacial score (nSPS) is 16.4. The molecule has 0 spiro atoms. The second kappa shape index (κ2) is 24.4. The Kier molecular flexibility index (Phi) is 18.2. The van der Waals surface area contributed by atoms with Gasteiger partial charge < -0.3 is 43.0 Å². The number of ether oxygens (including phenoxy) is 8. The number of nitrogens with one attached hydrogen (secondary N) is 3. The fourth-order valence-corrected chi connectivity index (χ4v) is 6.58. The first-order valence-electron chi connectivity index (χ1n) is 20.0. The molecule has 1 fully saturated rings. The van der Waals surface area contributed by atoms with Crippen LogP contribution >= 0.6 is 0 Å². The van der Waals surface area contributed by atoms with E-state index in [1.807, 2.05) is 91.0 Å². The molecule has 3 aromatic carbocycles. The number of aliphatic hydroxyl groups excluding tert-OH is 1. The Morgan fingerprint density at radius 1 is 0.831 bits per heavy atom. The standard InChI is InChI=1S/C45H47N7O13/c1-58-26-27-61-38-37(53)36(29-64-45(31-11-5-4-6-12-31,32-13-17-34(59-2)18-14-32)33-15-19-35(60-3)20-16-33)65-40(38)52-28-30(39(54)49-42(52)55)10-7-23-48-41(50-43(56)62-24-8-21-46)51-44(57)63-25-9-22-47/h4-6,11-20,28,36-38,40,53H,8-9,23-27,29H2,1-3H3,(H,49,54,55)(H2,48,50,51,56,57)/t36-,37-,38-,40-/m1/s1. The molecule has 2 amide bonds. The lowest BCUT2D eigenvalue weighted by Crippen LogP contribution is -2.44. The number of rotatable bonds is 18. The number of hydrogen-bond acceptors (Lipinski definition) is 16. The minimum Gasteiger partial charge on any atom is -0.497 e. The van der Waals surface area contributed by atoms with Crippen molar-refractivity contribution in [2.24, 2.45) is 4.99 Å². The smallest absolute Gasteiger partial charge is 0.413 e. The Morgan fingerprint density at radius 3 is 1.94 bits per heavy atom. The van der Waals surface area contributed by atoms with E-state index in [1.165, 1.54) is 7.11 Å². The van der Waals surface area contributed by atoms with E-state index >= 15 is 0 Å². The highest BCUT2D eigenvalue weighted by Gasteiger charge is 2.48. The number of aromatic amines is 1. The Bertz CT molecular complexity index is 2420. The topological polar surface area (TPSA) is 267 Å². The van der Waals surface area contributed by atoms with Gasteiger partial charge in [0.15, 0.2) is 6.23 Å².